The smallest absolute Gasteiger partial charge is 0.150 e. The van der Waals surface area contributed by atoms with Gasteiger partial charge in [0.05, 0.1) is 5.75 Å². The van der Waals surface area contributed by atoms with Crippen molar-refractivity contribution < 1.29 is 8.42 Å². The Labute approximate surface area is 88.2 Å². The van der Waals surface area contributed by atoms with E-state index in [0.29, 0.717) is 11.5 Å². The number of nitrogens with one attached hydrogen (secondary N) is 1. The fourth-order valence-electron chi connectivity index (χ4n) is 1.41. The molecule has 4 heteroatoms. The summed E-state index contributed by atoms with van der Waals surface area (Å²) in [4.78, 5) is 0. The zero-order valence-electron chi connectivity index (χ0n) is 9.76. The van der Waals surface area contributed by atoms with Gasteiger partial charge in [-0.25, -0.2) is 8.42 Å². The molecule has 0 spiro atoms. The molecule has 1 N–H and O–H groups in total. The molecule has 0 heterocycles. The van der Waals surface area contributed by atoms with Gasteiger partial charge >= 0.3 is 0 Å². The van der Waals surface area contributed by atoms with E-state index < -0.39 is 9.84 Å². The normalized spacial score (nSPS) is 13.1. The zero-order chi connectivity index (χ0) is 11.2. The Morgan fingerprint density at radius 3 is 2.21 bits per heavy atom. The molecule has 0 atom stereocenters. The summed E-state index contributed by atoms with van der Waals surface area (Å²) in [7, 11) is -0.920. The molecule has 0 saturated carbocycles. The van der Waals surface area contributed by atoms with Gasteiger partial charge in [0, 0.05) is 5.75 Å². The quantitative estimate of drug-likeness (QED) is 0.708. The highest BCUT2D eigenvalue weighted by Gasteiger charge is 2.20. The highest BCUT2D eigenvalue weighted by atomic mass is 32.2. The van der Waals surface area contributed by atoms with E-state index >= 15 is 0 Å². The minimum atomic E-state index is -2.81. The first-order valence-corrected chi connectivity index (χ1v) is 7.00. The molecule has 0 aromatic rings. The van der Waals surface area contributed by atoms with Crippen LogP contribution in [0.2, 0.25) is 0 Å². The molecule has 0 aromatic carbocycles. The van der Waals surface area contributed by atoms with E-state index in [9.17, 15) is 8.42 Å². The van der Waals surface area contributed by atoms with Gasteiger partial charge in [0.1, 0.15) is 9.84 Å². The van der Waals surface area contributed by atoms with Crippen LogP contribution in [0.4, 0.5) is 0 Å². The van der Waals surface area contributed by atoms with Gasteiger partial charge in [-0.3, -0.25) is 0 Å². The van der Waals surface area contributed by atoms with Crippen LogP contribution in [0.3, 0.4) is 0 Å². The van der Waals surface area contributed by atoms with Crippen LogP contribution >= 0.6 is 0 Å². The molecule has 3 nitrogen and oxygen atoms in total. The summed E-state index contributed by atoms with van der Waals surface area (Å²) in [5.41, 5.74) is 0.0650. The highest BCUT2D eigenvalue weighted by Crippen LogP contribution is 2.20. The molecule has 0 bridgehead atoms. The van der Waals surface area contributed by atoms with Crippen LogP contribution in [0.15, 0.2) is 0 Å². The molecule has 14 heavy (non-hydrogen) atoms. The average molecular weight is 221 g/mol. The standard InChI is InChI=1S/C10H23NO2S/c1-5-7-14(12,13)8-6-10(2,3)9-11-4/h11H,5-9H2,1-4H3. The van der Waals surface area contributed by atoms with E-state index in [-0.39, 0.29) is 5.41 Å². The molecule has 0 amide bonds. The second-order valence-electron chi connectivity index (χ2n) is 4.60. The van der Waals surface area contributed by atoms with Gasteiger partial charge < -0.3 is 5.32 Å². The van der Waals surface area contributed by atoms with Crippen molar-refractivity contribution in [1.82, 2.24) is 5.32 Å². The largest absolute Gasteiger partial charge is 0.319 e. The Kier molecular flexibility index (Phi) is 5.67. The number of sulfone groups is 1. The van der Waals surface area contributed by atoms with Crippen LogP contribution in [0.25, 0.3) is 0 Å². The highest BCUT2D eigenvalue weighted by molar-refractivity contribution is 7.91. The Balaban J connectivity index is 4.04. The lowest BCUT2D eigenvalue weighted by Crippen LogP contribution is -2.29. The first kappa shape index (κ1) is 13.9. The number of rotatable bonds is 7. The van der Waals surface area contributed by atoms with Gasteiger partial charge in [-0.2, -0.15) is 0 Å². The summed E-state index contributed by atoms with van der Waals surface area (Å²) >= 11 is 0. The van der Waals surface area contributed by atoms with E-state index in [0.717, 1.165) is 19.4 Å². The maximum Gasteiger partial charge on any atom is 0.150 e. The van der Waals surface area contributed by atoms with E-state index in [4.69, 9.17) is 0 Å². The molecular formula is C10H23NO2S. The van der Waals surface area contributed by atoms with Gasteiger partial charge in [-0.15, -0.1) is 0 Å². The zero-order valence-corrected chi connectivity index (χ0v) is 10.6. The van der Waals surface area contributed by atoms with Gasteiger partial charge in [0.25, 0.3) is 0 Å². The molecular weight excluding hydrogens is 198 g/mol. The molecule has 0 aliphatic rings. The first-order valence-electron chi connectivity index (χ1n) is 5.18. The summed E-state index contributed by atoms with van der Waals surface area (Å²) in [6, 6.07) is 0. The Morgan fingerprint density at radius 1 is 1.21 bits per heavy atom. The first-order chi connectivity index (χ1) is 6.33. The summed E-state index contributed by atoms with van der Waals surface area (Å²) in [5.74, 6) is 0.637. The second kappa shape index (κ2) is 5.71. The monoisotopic (exact) mass is 221 g/mol. The van der Waals surface area contributed by atoms with Crippen LogP contribution < -0.4 is 5.32 Å². The summed E-state index contributed by atoms with van der Waals surface area (Å²) in [5, 5.41) is 3.08. The maximum atomic E-state index is 11.5. The predicted molar refractivity (Wildman–Crippen MR) is 61.3 cm³/mol. The molecule has 0 aliphatic heterocycles. The number of hydrogen-bond donors (Lipinski definition) is 1. The SMILES string of the molecule is CCCS(=O)(=O)CCC(C)(C)CNC. The molecule has 0 aromatic heterocycles. The minimum absolute atomic E-state index is 0.0650. The summed E-state index contributed by atoms with van der Waals surface area (Å²) in [6.07, 6.45) is 1.45. The molecule has 0 fully saturated rings. The van der Waals surface area contributed by atoms with Crippen LogP contribution in [0, 0.1) is 5.41 Å². The van der Waals surface area contributed by atoms with Gasteiger partial charge in [-0.1, -0.05) is 20.8 Å². The molecule has 0 rings (SSSR count). The lowest BCUT2D eigenvalue weighted by molar-refractivity contribution is 0.339. The van der Waals surface area contributed by atoms with Crippen molar-refractivity contribution in [2.45, 2.75) is 33.6 Å². The predicted octanol–water partition coefficient (Wildman–Crippen LogP) is 1.45. The van der Waals surface area contributed by atoms with E-state index in [1.807, 2.05) is 14.0 Å². The molecule has 0 radical (unpaired) electrons. The number of hydrogen-bond acceptors (Lipinski definition) is 3. The van der Waals surface area contributed by atoms with Gasteiger partial charge in [0.2, 0.25) is 0 Å². The third-order valence-corrected chi connectivity index (χ3v) is 4.12. The van der Waals surface area contributed by atoms with Gasteiger partial charge in [0.15, 0.2) is 0 Å². The Morgan fingerprint density at radius 2 is 1.79 bits per heavy atom. The van der Waals surface area contributed by atoms with E-state index in [1.54, 1.807) is 0 Å². The van der Waals surface area contributed by atoms with Crippen LogP contribution in [0.1, 0.15) is 33.6 Å². The average Bonchev–Trinajstić information content (AvgIpc) is 2.01. The molecule has 0 aliphatic carbocycles. The van der Waals surface area contributed by atoms with Crippen molar-refractivity contribution in [3.63, 3.8) is 0 Å². The van der Waals surface area contributed by atoms with Crippen LogP contribution in [-0.2, 0) is 9.84 Å². The fraction of sp³-hybridized carbons (Fsp3) is 1.00. The van der Waals surface area contributed by atoms with Crippen LogP contribution in [-0.4, -0.2) is 33.5 Å². The lowest BCUT2D eigenvalue weighted by atomic mass is 9.90. The van der Waals surface area contributed by atoms with E-state index in [2.05, 4.69) is 19.2 Å². The molecule has 86 valence electrons. The third kappa shape index (κ3) is 6.38. The second-order valence-corrected chi connectivity index (χ2v) is 6.90. The van der Waals surface area contributed by atoms with Crippen molar-refractivity contribution in [3.8, 4) is 0 Å². The maximum absolute atomic E-state index is 11.5. The van der Waals surface area contributed by atoms with Crippen molar-refractivity contribution in [1.29, 1.82) is 0 Å². The van der Waals surface area contributed by atoms with Crippen molar-refractivity contribution in [2.24, 2.45) is 5.41 Å². The third-order valence-electron chi connectivity index (χ3n) is 2.26. The Hall–Kier alpha value is -0.0900. The summed E-state index contributed by atoms with van der Waals surface area (Å²) < 4.78 is 22.9. The van der Waals surface area contributed by atoms with Crippen LogP contribution in [0.5, 0.6) is 0 Å². The lowest BCUT2D eigenvalue weighted by Gasteiger charge is -2.23. The fourth-order valence-corrected chi connectivity index (χ4v) is 3.10. The minimum Gasteiger partial charge on any atom is -0.319 e. The topological polar surface area (TPSA) is 46.2 Å². The van der Waals surface area contributed by atoms with Crippen molar-refractivity contribution >= 4 is 9.84 Å². The summed E-state index contributed by atoms with van der Waals surface area (Å²) in [6.45, 7) is 6.93. The van der Waals surface area contributed by atoms with E-state index in [1.165, 1.54) is 0 Å². The van der Waals surface area contributed by atoms with Crippen molar-refractivity contribution in [3.05, 3.63) is 0 Å². The Bertz CT molecular complexity index is 245. The van der Waals surface area contributed by atoms with Crippen molar-refractivity contribution in [2.75, 3.05) is 25.1 Å². The molecule has 0 saturated heterocycles. The molecule has 0 unspecified atom stereocenters. The van der Waals surface area contributed by atoms with Gasteiger partial charge in [-0.05, 0) is 31.8 Å².